The summed E-state index contributed by atoms with van der Waals surface area (Å²) in [6.45, 7) is 6.55. The van der Waals surface area contributed by atoms with Gasteiger partial charge in [0.15, 0.2) is 0 Å². The zero-order valence-corrected chi connectivity index (χ0v) is 22.0. The summed E-state index contributed by atoms with van der Waals surface area (Å²) in [5.74, 6) is -1.71. The number of nitrogens with one attached hydrogen (secondary N) is 2. The lowest BCUT2D eigenvalue weighted by molar-refractivity contribution is -0.141. The smallest absolute Gasteiger partial charge is 0.246 e. The highest BCUT2D eigenvalue weighted by molar-refractivity contribution is 6.31. The Labute approximate surface area is 218 Å². The Balaban J connectivity index is 1.42. The van der Waals surface area contributed by atoms with Gasteiger partial charge in [0.1, 0.15) is 11.6 Å². The summed E-state index contributed by atoms with van der Waals surface area (Å²) >= 11 is 6.25. The van der Waals surface area contributed by atoms with Gasteiger partial charge in [-0.2, -0.15) is 0 Å². The summed E-state index contributed by atoms with van der Waals surface area (Å²) < 4.78 is 6.41. The van der Waals surface area contributed by atoms with E-state index in [1.807, 2.05) is 25.1 Å². The Bertz CT molecular complexity index is 1080. The molecule has 3 fully saturated rings. The molecule has 3 amide bonds. The molecule has 8 heteroatoms. The molecule has 1 spiro atoms. The van der Waals surface area contributed by atoms with Crippen LogP contribution < -0.4 is 10.6 Å². The van der Waals surface area contributed by atoms with Gasteiger partial charge >= 0.3 is 0 Å². The third-order valence-electron chi connectivity index (χ3n) is 8.26. The summed E-state index contributed by atoms with van der Waals surface area (Å²) in [5, 5.41) is 6.72. The molecule has 3 heterocycles. The molecule has 1 aliphatic carbocycles. The van der Waals surface area contributed by atoms with E-state index < -0.39 is 29.6 Å². The van der Waals surface area contributed by atoms with Gasteiger partial charge in [-0.25, -0.2) is 0 Å². The van der Waals surface area contributed by atoms with Crippen molar-refractivity contribution in [3.63, 3.8) is 0 Å². The fourth-order valence-electron chi connectivity index (χ4n) is 6.33. The first kappa shape index (κ1) is 25.3. The third kappa shape index (κ3) is 4.34. The maximum Gasteiger partial charge on any atom is 0.246 e. The summed E-state index contributed by atoms with van der Waals surface area (Å²) in [4.78, 5) is 42.8. The number of ether oxygens (including phenoxy) is 1. The number of halogens is 1. The molecule has 5 unspecified atom stereocenters. The van der Waals surface area contributed by atoms with Gasteiger partial charge in [-0.3, -0.25) is 14.4 Å². The van der Waals surface area contributed by atoms with Crippen molar-refractivity contribution in [3.8, 4) is 0 Å². The Morgan fingerprint density at radius 1 is 1.19 bits per heavy atom. The highest BCUT2D eigenvalue weighted by atomic mass is 35.5. The average molecular weight is 514 g/mol. The molecule has 194 valence electrons. The van der Waals surface area contributed by atoms with E-state index in [0.717, 1.165) is 37.7 Å². The van der Waals surface area contributed by atoms with Crippen LogP contribution in [0, 0.1) is 24.7 Å². The van der Waals surface area contributed by atoms with E-state index in [0.29, 0.717) is 23.2 Å². The molecule has 3 aliphatic heterocycles. The minimum absolute atomic E-state index is 0.122. The second kappa shape index (κ2) is 9.82. The van der Waals surface area contributed by atoms with Gasteiger partial charge in [0.05, 0.1) is 17.9 Å². The summed E-state index contributed by atoms with van der Waals surface area (Å²) in [5.41, 5.74) is 0.369. The van der Waals surface area contributed by atoms with Crippen LogP contribution in [0.4, 0.5) is 5.69 Å². The molecule has 0 radical (unpaired) electrons. The molecular weight excluding hydrogens is 478 g/mol. The van der Waals surface area contributed by atoms with Crippen LogP contribution in [0.25, 0.3) is 0 Å². The number of hydrogen-bond acceptors (Lipinski definition) is 4. The van der Waals surface area contributed by atoms with E-state index in [2.05, 4.69) is 24.5 Å². The van der Waals surface area contributed by atoms with Gasteiger partial charge in [0, 0.05) is 23.3 Å². The van der Waals surface area contributed by atoms with E-state index in [4.69, 9.17) is 16.3 Å². The lowest BCUT2D eigenvalue weighted by atomic mass is 9.74. The van der Waals surface area contributed by atoms with E-state index >= 15 is 0 Å². The number of fused-ring (bicyclic) bond motifs is 1. The van der Waals surface area contributed by atoms with E-state index in [9.17, 15) is 14.4 Å². The molecule has 2 saturated heterocycles. The number of hydrogen-bond donors (Lipinski definition) is 2. The molecule has 1 saturated carbocycles. The van der Waals surface area contributed by atoms with Gasteiger partial charge in [-0.15, -0.1) is 0 Å². The fourth-order valence-corrected chi connectivity index (χ4v) is 6.51. The second-order valence-corrected chi connectivity index (χ2v) is 11.6. The van der Waals surface area contributed by atoms with Gasteiger partial charge < -0.3 is 20.3 Å². The predicted molar refractivity (Wildman–Crippen MR) is 139 cm³/mol. The van der Waals surface area contributed by atoms with E-state index in [1.54, 1.807) is 17.0 Å². The standard InChI is InChI=1S/C28H36ClN3O4/c1-16(2)12-14-32-24(26(34)30-18-7-5-4-6-8-18)28-13-11-21(36-28)22(23(28)27(32)35)25(33)31-19-10-9-17(3)20(29)15-19/h9-11,13,15-16,18,21-24H,4-8,12,14H2,1-3H3,(H,30,34)(H,31,33). The number of likely N-dealkylation sites (tertiary alicyclic amines) is 1. The van der Waals surface area contributed by atoms with Gasteiger partial charge in [0.25, 0.3) is 0 Å². The van der Waals surface area contributed by atoms with Gasteiger partial charge in [-0.05, 0) is 49.8 Å². The molecule has 1 aromatic rings. The van der Waals surface area contributed by atoms with Gasteiger partial charge in [-0.1, -0.05) is 62.9 Å². The first-order valence-electron chi connectivity index (χ1n) is 13.3. The van der Waals surface area contributed by atoms with E-state index in [-0.39, 0.29) is 23.8 Å². The summed E-state index contributed by atoms with van der Waals surface area (Å²) in [7, 11) is 0. The number of carbonyl (C=O) groups is 3. The Morgan fingerprint density at radius 3 is 2.64 bits per heavy atom. The SMILES string of the molecule is Cc1ccc(NC(=O)C2C3C=CC4(O3)C2C(=O)N(CCC(C)C)C4C(=O)NC2CCCCC2)cc1Cl. The van der Waals surface area contributed by atoms with Crippen molar-refractivity contribution in [3.05, 3.63) is 40.9 Å². The lowest BCUT2D eigenvalue weighted by Crippen LogP contribution is -2.56. The van der Waals surface area contributed by atoms with Crippen LogP contribution in [0.15, 0.2) is 30.4 Å². The topological polar surface area (TPSA) is 87.7 Å². The quantitative estimate of drug-likeness (QED) is 0.534. The maximum atomic E-state index is 13.9. The molecule has 2 N–H and O–H groups in total. The summed E-state index contributed by atoms with van der Waals surface area (Å²) in [6.07, 6.45) is 9.25. The maximum absolute atomic E-state index is 13.9. The van der Waals surface area contributed by atoms with Crippen LogP contribution >= 0.6 is 11.6 Å². The summed E-state index contributed by atoms with van der Waals surface area (Å²) in [6, 6.07) is 4.70. The van der Waals surface area contributed by atoms with E-state index in [1.165, 1.54) is 6.42 Å². The Hall–Kier alpha value is -2.38. The van der Waals surface area contributed by atoms with Crippen molar-refractivity contribution in [1.82, 2.24) is 10.2 Å². The van der Waals surface area contributed by atoms with Crippen molar-refractivity contribution in [1.29, 1.82) is 0 Å². The van der Waals surface area contributed by atoms with Crippen LogP contribution in [0.5, 0.6) is 0 Å². The number of anilines is 1. The molecule has 0 aromatic heterocycles. The van der Waals surface area contributed by atoms with Crippen molar-refractivity contribution in [2.24, 2.45) is 17.8 Å². The largest absolute Gasteiger partial charge is 0.359 e. The first-order valence-corrected chi connectivity index (χ1v) is 13.6. The zero-order valence-electron chi connectivity index (χ0n) is 21.3. The third-order valence-corrected chi connectivity index (χ3v) is 8.67. The molecule has 5 atom stereocenters. The Morgan fingerprint density at radius 2 is 1.94 bits per heavy atom. The number of rotatable bonds is 7. The van der Waals surface area contributed by atoms with Crippen LogP contribution in [-0.4, -0.2) is 53.0 Å². The molecule has 4 aliphatic rings. The highest BCUT2D eigenvalue weighted by Crippen LogP contribution is 2.55. The number of carbonyl (C=O) groups excluding carboxylic acids is 3. The minimum atomic E-state index is -1.12. The normalized spacial score (nSPS) is 31.2. The number of aryl methyl sites for hydroxylation is 1. The predicted octanol–water partition coefficient (Wildman–Crippen LogP) is 4.23. The monoisotopic (exact) mass is 513 g/mol. The molecule has 7 nitrogen and oxygen atoms in total. The first-order chi connectivity index (χ1) is 17.2. The molecule has 2 bridgehead atoms. The average Bonchev–Trinajstić information content (AvgIpc) is 3.48. The van der Waals surface area contributed by atoms with Crippen LogP contribution in [0.3, 0.4) is 0 Å². The van der Waals surface area contributed by atoms with Crippen LogP contribution in [-0.2, 0) is 19.1 Å². The zero-order chi connectivity index (χ0) is 25.6. The highest BCUT2D eigenvalue weighted by Gasteiger charge is 2.72. The minimum Gasteiger partial charge on any atom is -0.359 e. The van der Waals surface area contributed by atoms with Gasteiger partial charge in [0.2, 0.25) is 17.7 Å². The van der Waals surface area contributed by atoms with Crippen molar-refractivity contribution < 1.29 is 19.1 Å². The Kier molecular flexibility index (Phi) is 6.90. The van der Waals surface area contributed by atoms with Crippen molar-refractivity contribution in [2.45, 2.75) is 83.1 Å². The molecule has 5 rings (SSSR count). The second-order valence-electron chi connectivity index (χ2n) is 11.2. The van der Waals surface area contributed by atoms with Crippen LogP contribution in [0.2, 0.25) is 5.02 Å². The number of amides is 3. The molecule has 36 heavy (non-hydrogen) atoms. The van der Waals surface area contributed by atoms with Crippen molar-refractivity contribution >= 4 is 35.0 Å². The lowest BCUT2D eigenvalue weighted by Gasteiger charge is -2.34. The molecule has 1 aromatic carbocycles. The molecular formula is C28H36ClN3O4. The number of benzene rings is 1. The van der Waals surface area contributed by atoms with Crippen LogP contribution in [0.1, 0.15) is 57.9 Å². The fraction of sp³-hybridized carbons (Fsp3) is 0.607. The van der Waals surface area contributed by atoms with Crippen molar-refractivity contribution in [2.75, 3.05) is 11.9 Å². The number of nitrogens with zero attached hydrogens (tertiary/aromatic N) is 1.